The molecule has 2 aromatic carbocycles. The molecule has 3 aliphatic rings. The monoisotopic (exact) mass is 430 g/mol. The molecule has 3 fully saturated rings. The number of hydrogen-bond acceptors (Lipinski definition) is 6. The van der Waals surface area contributed by atoms with Crippen LogP contribution in [0, 0.1) is 21.8 Å². The van der Waals surface area contributed by atoms with Crippen molar-refractivity contribution in [1.29, 1.82) is 0 Å². The number of fused-ring (bicyclic) bond motifs is 3. The molecule has 0 N–H and O–H groups in total. The van der Waals surface area contributed by atoms with Gasteiger partial charge in [0.05, 0.1) is 22.6 Å². The fourth-order valence-corrected chi connectivity index (χ4v) is 4.99. The lowest BCUT2D eigenvalue weighted by Gasteiger charge is -2.29. The van der Waals surface area contributed by atoms with Gasteiger partial charge in [0.25, 0.3) is 11.6 Å². The molecule has 0 unspecified atom stereocenters. The molecule has 5 rings (SSSR count). The van der Waals surface area contributed by atoms with Crippen molar-refractivity contribution in [2.75, 3.05) is 18.0 Å². The fraction of sp³-hybridized carbons (Fsp3) is 0.300. The van der Waals surface area contributed by atoms with Crippen molar-refractivity contribution in [2.24, 2.45) is 5.92 Å². The Morgan fingerprint density at radius 3 is 2.33 bits per heavy atom. The van der Waals surface area contributed by atoms with Crippen LogP contribution in [0.25, 0.3) is 0 Å². The summed E-state index contributed by atoms with van der Waals surface area (Å²) in [5, 5.41) is 15.1. The zero-order chi connectivity index (χ0) is 21.2. The molecule has 8 nitrogen and oxygen atoms in total. The molecule has 2 amide bonds. The molecule has 10 heteroatoms. The number of nitrogens with zero attached hydrogens (tertiary/aromatic N) is 4. The maximum absolute atomic E-state index is 13.4. The predicted molar refractivity (Wildman–Crippen MR) is 105 cm³/mol. The minimum atomic E-state index is -0.690. The summed E-state index contributed by atoms with van der Waals surface area (Å²) in [5.74, 6) is -1.91. The molecule has 0 spiro atoms. The van der Waals surface area contributed by atoms with Gasteiger partial charge in [-0.3, -0.25) is 19.7 Å². The Bertz CT molecular complexity index is 1080. The van der Waals surface area contributed by atoms with Crippen molar-refractivity contribution in [3.63, 3.8) is 0 Å². The topological polar surface area (TPSA) is 87.0 Å². The third-order valence-electron chi connectivity index (χ3n) is 6.00. The summed E-state index contributed by atoms with van der Waals surface area (Å²) in [5.41, 5.74) is 0.504. The number of benzene rings is 2. The zero-order valence-electron chi connectivity index (χ0n) is 15.6. The van der Waals surface area contributed by atoms with Gasteiger partial charge in [-0.05, 0) is 36.2 Å². The average molecular weight is 431 g/mol. The van der Waals surface area contributed by atoms with Crippen LogP contribution in [0.15, 0.2) is 42.5 Å². The number of imide groups is 1. The van der Waals surface area contributed by atoms with Gasteiger partial charge >= 0.3 is 0 Å². The van der Waals surface area contributed by atoms with E-state index >= 15 is 0 Å². The average Bonchev–Trinajstić information content (AvgIpc) is 3.36. The molecule has 0 saturated carbocycles. The van der Waals surface area contributed by atoms with E-state index in [1.807, 2.05) is 10.0 Å². The standard InChI is InChI=1S/C20H16ClFN4O4/c21-14-7-6-13(10-15(14)26(29)30)25-19(27)16-17(11-2-4-12(22)5-3-11)23-8-1-9-24(23)18(16)20(25)28/h2-7,10,16-18H,1,8-9H2/t16-,17+,18-/m1/s1. The Labute approximate surface area is 175 Å². The number of hydrogen-bond donors (Lipinski definition) is 0. The Morgan fingerprint density at radius 2 is 1.67 bits per heavy atom. The molecular formula is C20H16ClFN4O4. The van der Waals surface area contributed by atoms with Crippen molar-refractivity contribution in [3.05, 3.63) is 69.0 Å². The molecule has 30 heavy (non-hydrogen) atoms. The van der Waals surface area contributed by atoms with Crippen LogP contribution in [-0.2, 0) is 9.59 Å². The van der Waals surface area contributed by atoms with Crippen LogP contribution in [0.5, 0.6) is 0 Å². The van der Waals surface area contributed by atoms with Gasteiger partial charge in [-0.2, -0.15) is 0 Å². The minimum Gasteiger partial charge on any atom is -0.274 e. The third-order valence-corrected chi connectivity index (χ3v) is 6.32. The second kappa shape index (κ2) is 6.83. The minimum absolute atomic E-state index is 0.0713. The number of nitro benzene ring substituents is 1. The number of carbonyl (C=O) groups excluding carboxylic acids is 2. The van der Waals surface area contributed by atoms with Crippen molar-refractivity contribution in [3.8, 4) is 0 Å². The number of amides is 2. The van der Waals surface area contributed by atoms with E-state index in [9.17, 15) is 24.1 Å². The van der Waals surface area contributed by atoms with E-state index in [4.69, 9.17) is 11.6 Å². The summed E-state index contributed by atoms with van der Waals surface area (Å²) < 4.78 is 13.4. The molecular weight excluding hydrogens is 415 g/mol. The van der Waals surface area contributed by atoms with Gasteiger partial charge in [-0.15, -0.1) is 0 Å². The van der Waals surface area contributed by atoms with Crippen molar-refractivity contribution in [1.82, 2.24) is 10.0 Å². The number of carbonyl (C=O) groups is 2. The molecule has 2 aromatic rings. The van der Waals surface area contributed by atoms with E-state index in [1.165, 1.54) is 24.3 Å². The smallest absolute Gasteiger partial charge is 0.274 e. The van der Waals surface area contributed by atoms with E-state index in [0.717, 1.165) is 23.0 Å². The normalized spacial score (nSPS) is 26.3. The van der Waals surface area contributed by atoms with Gasteiger partial charge in [0.2, 0.25) is 5.91 Å². The van der Waals surface area contributed by atoms with Crippen LogP contribution >= 0.6 is 11.6 Å². The largest absolute Gasteiger partial charge is 0.289 e. The highest BCUT2D eigenvalue weighted by Crippen LogP contribution is 2.49. The number of halogens is 2. The maximum atomic E-state index is 13.4. The number of anilines is 1. The number of rotatable bonds is 3. The van der Waals surface area contributed by atoms with Crippen molar-refractivity contribution in [2.45, 2.75) is 18.5 Å². The van der Waals surface area contributed by atoms with E-state index in [0.29, 0.717) is 13.1 Å². The number of nitro groups is 1. The molecule has 154 valence electrons. The number of hydrazine groups is 1. The van der Waals surface area contributed by atoms with Crippen LogP contribution < -0.4 is 4.90 Å². The second-order valence-electron chi connectivity index (χ2n) is 7.55. The van der Waals surface area contributed by atoms with Crippen molar-refractivity contribution >= 4 is 34.8 Å². The Kier molecular flexibility index (Phi) is 4.35. The molecule has 3 aliphatic heterocycles. The Balaban J connectivity index is 1.58. The first kappa shape index (κ1) is 19.1. The summed E-state index contributed by atoms with van der Waals surface area (Å²) >= 11 is 5.88. The van der Waals surface area contributed by atoms with Crippen LogP contribution in [0.2, 0.25) is 5.02 Å². The zero-order valence-corrected chi connectivity index (χ0v) is 16.3. The highest BCUT2D eigenvalue weighted by Gasteiger charge is 2.62. The van der Waals surface area contributed by atoms with Crippen LogP contribution in [0.1, 0.15) is 18.0 Å². The van der Waals surface area contributed by atoms with Gasteiger partial charge in [0.1, 0.15) is 16.9 Å². The highest BCUT2D eigenvalue weighted by atomic mass is 35.5. The van der Waals surface area contributed by atoms with Gasteiger partial charge in [0, 0.05) is 19.2 Å². The lowest BCUT2D eigenvalue weighted by Crippen LogP contribution is -2.44. The van der Waals surface area contributed by atoms with Gasteiger partial charge in [-0.25, -0.2) is 19.3 Å². The van der Waals surface area contributed by atoms with Crippen molar-refractivity contribution < 1.29 is 18.9 Å². The summed E-state index contributed by atoms with van der Waals surface area (Å²) in [4.78, 5) is 38.3. The molecule has 0 radical (unpaired) electrons. The maximum Gasteiger partial charge on any atom is 0.289 e. The molecule has 3 saturated heterocycles. The quantitative estimate of drug-likeness (QED) is 0.423. The fourth-order valence-electron chi connectivity index (χ4n) is 4.81. The molecule has 0 bridgehead atoms. The molecule has 0 aromatic heterocycles. The molecule has 3 atom stereocenters. The van der Waals surface area contributed by atoms with E-state index in [-0.39, 0.29) is 22.2 Å². The highest BCUT2D eigenvalue weighted by molar-refractivity contribution is 6.33. The summed E-state index contributed by atoms with van der Waals surface area (Å²) in [7, 11) is 0. The summed E-state index contributed by atoms with van der Waals surface area (Å²) in [6.45, 7) is 1.33. The summed E-state index contributed by atoms with van der Waals surface area (Å²) in [6, 6.07) is 8.73. The second-order valence-corrected chi connectivity index (χ2v) is 7.96. The third kappa shape index (κ3) is 2.66. The first-order valence-electron chi connectivity index (χ1n) is 9.49. The SMILES string of the molecule is O=C1[C@H]2[C@H](C(=O)N1c1ccc(Cl)c([N+](=O)[O-])c1)N1CCCN1[C@H]2c1ccc(F)cc1. The summed E-state index contributed by atoms with van der Waals surface area (Å²) in [6.07, 6.45) is 0.842. The van der Waals surface area contributed by atoms with Crippen LogP contribution in [0.4, 0.5) is 15.8 Å². The van der Waals surface area contributed by atoms with Gasteiger partial charge < -0.3 is 0 Å². The van der Waals surface area contributed by atoms with Gasteiger partial charge in [0.15, 0.2) is 0 Å². The first-order valence-corrected chi connectivity index (χ1v) is 9.86. The van der Waals surface area contributed by atoms with E-state index in [2.05, 4.69) is 0 Å². The van der Waals surface area contributed by atoms with Crippen LogP contribution in [0.3, 0.4) is 0 Å². The lowest BCUT2D eigenvalue weighted by atomic mass is 9.90. The van der Waals surface area contributed by atoms with E-state index in [1.54, 1.807) is 12.1 Å². The predicted octanol–water partition coefficient (Wildman–Crippen LogP) is 2.92. The first-order chi connectivity index (χ1) is 14.4. The van der Waals surface area contributed by atoms with E-state index < -0.39 is 34.7 Å². The molecule has 3 heterocycles. The lowest BCUT2D eigenvalue weighted by molar-refractivity contribution is -0.384. The Morgan fingerprint density at radius 1 is 1.00 bits per heavy atom. The van der Waals surface area contributed by atoms with Gasteiger partial charge in [-0.1, -0.05) is 23.7 Å². The molecule has 0 aliphatic carbocycles. The van der Waals surface area contributed by atoms with Crippen LogP contribution in [-0.4, -0.2) is 45.9 Å². The Hall–Kier alpha value is -2.88.